The summed E-state index contributed by atoms with van der Waals surface area (Å²) in [5.41, 5.74) is 1.81. The van der Waals surface area contributed by atoms with Crippen molar-refractivity contribution >= 4 is 17.4 Å². The van der Waals surface area contributed by atoms with Gasteiger partial charge in [-0.2, -0.15) is 0 Å². The summed E-state index contributed by atoms with van der Waals surface area (Å²) < 4.78 is 0. The molecule has 2 N–H and O–H groups in total. The maximum atomic E-state index is 12.3. The second-order valence-electron chi connectivity index (χ2n) is 5.11. The average molecular weight is 277 g/mol. The Morgan fingerprint density at radius 3 is 2.70 bits per heavy atom. The number of benzene rings is 1. The van der Waals surface area contributed by atoms with E-state index in [0.717, 1.165) is 30.8 Å². The number of anilines is 2. The van der Waals surface area contributed by atoms with E-state index in [4.69, 9.17) is 5.11 Å². The molecule has 1 aliphatic rings. The SMILES string of the molecule is CCN(C)c1ccccc1NC(=O)N(CCO)C1CC1. The Bertz CT molecular complexity index is 460. The summed E-state index contributed by atoms with van der Waals surface area (Å²) in [6, 6.07) is 7.94. The fourth-order valence-electron chi connectivity index (χ4n) is 2.21. The van der Waals surface area contributed by atoms with Crippen LogP contribution in [0.1, 0.15) is 19.8 Å². The molecule has 0 atom stereocenters. The monoisotopic (exact) mass is 277 g/mol. The molecule has 0 radical (unpaired) electrons. The number of aliphatic hydroxyl groups is 1. The molecule has 2 rings (SSSR count). The number of para-hydroxylation sites is 2. The summed E-state index contributed by atoms with van der Waals surface area (Å²) in [5.74, 6) is 0. The van der Waals surface area contributed by atoms with Gasteiger partial charge in [0, 0.05) is 26.2 Å². The Morgan fingerprint density at radius 2 is 2.10 bits per heavy atom. The maximum Gasteiger partial charge on any atom is 0.322 e. The number of amides is 2. The number of nitrogens with one attached hydrogen (secondary N) is 1. The van der Waals surface area contributed by atoms with Crippen LogP contribution in [0.2, 0.25) is 0 Å². The molecule has 0 saturated heterocycles. The molecule has 1 saturated carbocycles. The zero-order chi connectivity index (χ0) is 14.5. The normalized spacial score (nSPS) is 13.9. The number of carbonyl (C=O) groups is 1. The Hall–Kier alpha value is -1.75. The molecule has 1 fully saturated rings. The van der Waals surface area contributed by atoms with Crippen molar-refractivity contribution in [1.29, 1.82) is 0 Å². The Morgan fingerprint density at radius 1 is 1.40 bits per heavy atom. The van der Waals surface area contributed by atoms with E-state index < -0.39 is 0 Å². The minimum absolute atomic E-state index is 0.000426. The number of hydrogen-bond donors (Lipinski definition) is 2. The van der Waals surface area contributed by atoms with Crippen LogP contribution in [0.5, 0.6) is 0 Å². The molecule has 110 valence electrons. The minimum atomic E-state index is -0.126. The molecule has 1 aromatic rings. The molecule has 5 heteroatoms. The molecule has 0 heterocycles. The van der Waals surface area contributed by atoms with Gasteiger partial charge in [0.1, 0.15) is 0 Å². The van der Waals surface area contributed by atoms with Gasteiger partial charge in [-0.05, 0) is 31.9 Å². The van der Waals surface area contributed by atoms with Gasteiger partial charge in [-0.25, -0.2) is 4.79 Å². The van der Waals surface area contributed by atoms with E-state index in [2.05, 4.69) is 17.1 Å². The number of aliphatic hydroxyl groups excluding tert-OH is 1. The van der Waals surface area contributed by atoms with Gasteiger partial charge >= 0.3 is 6.03 Å². The zero-order valence-corrected chi connectivity index (χ0v) is 12.2. The maximum absolute atomic E-state index is 12.3. The van der Waals surface area contributed by atoms with Crippen LogP contribution in [0.15, 0.2) is 24.3 Å². The topological polar surface area (TPSA) is 55.8 Å². The fraction of sp³-hybridized carbons (Fsp3) is 0.533. The van der Waals surface area contributed by atoms with E-state index in [1.807, 2.05) is 31.3 Å². The summed E-state index contributed by atoms with van der Waals surface area (Å²) in [6.45, 7) is 3.33. The third-order valence-corrected chi connectivity index (χ3v) is 3.62. The summed E-state index contributed by atoms with van der Waals surface area (Å²) in [7, 11) is 2.00. The highest BCUT2D eigenvalue weighted by Gasteiger charge is 2.32. The third-order valence-electron chi connectivity index (χ3n) is 3.62. The van der Waals surface area contributed by atoms with Crippen molar-refractivity contribution in [3.05, 3.63) is 24.3 Å². The van der Waals surface area contributed by atoms with Gasteiger partial charge in [-0.3, -0.25) is 0 Å². The van der Waals surface area contributed by atoms with Crippen molar-refractivity contribution in [1.82, 2.24) is 4.90 Å². The standard InChI is InChI=1S/C15H23N3O2/c1-3-17(2)14-7-5-4-6-13(14)16-15(20)18(10-11-19)12-8-9-12/h4-7,12,19H,3,8-11H2,1-2H3,(H,16,20). The molecular formula is C15H23N3O2. The zero-order valence-electron chi connectivity index (χ0n) is 12.2. The van der Waals surface area contributed by atoms with Crippen LogP contribution < -0.4 is 10.2 Å². The molecule has 0 aliphatic heterocycles. The summed E-state index contributed by atoms with van der Waals surface area (Å²) in [4.78, 5) is 16.1. The second kappa shape index (κ2) is 6.61. The van der Waals surface area contributed by atoms with E-state index >= 15 is 0 Å². The molecular weight excluding hydrogens is 254 g/mol. The Labute approximate surface area is 120 Å². The quantitative estimate of drug-likeness (QED) is 0.837. The number of urea groups is 1. The lowest BCUT2D eigenvalue weighted by molar-refractivity contribution is 0.185. The van der Waals surface area contributed by atoms with Gasteiger partial charge in [0.15, 0.2) is 0 Å². The van der Waals surface area contributed by atoms with Crippen LogP contribution in [0.3, 0.4) is 0 Å². The third kappa shape index (κ3) is 3.42. The van der Waals surface area contributed by atoms with Crippen molar-refractivity contribution in [2.75, 3.05) is 37.0 Å². The van der Waals surface area contributed by atoms with E-state index in [0.29, 0.717) is 12.6 Å². The molecule has 0 aromatic heterocycles. The Balaban J connectivity index is 2.10. The molecule has 1 aromatic carbocycles. The fourth-order valence-corrected chi connectivity index (χ4v) is 2.21. The highest BCUT2D eigenvalue weighted by molar-refractivity contribution is 5.93. The summed E-state index contributed by atoms with van der Waals surface area (Å²) in [5, 5.41) is 12.0. The van der Waals surface area contributed by atoms with Crippen LogP contribution in [0.25, 0.3) is 0 Å². The van der Waals surface area contributed by atoms with Crippen LogP contribution in [-0.2, 0) is 0 Å². The van der Waals surface area contributed by atoms with Gasteiger partial charge in [-0.1, -0.05) is 12.1 Å². The predicted octanol–water partition coefficient (Wildman–Crippen LogP) is 2.13. The van der Waals surface area contributed by atoms with E-state index in [9.17, 15) is 4.79 Å². The molecule has 5 nitrogen and oxygen atoms in total. The van der Waals surface area contributed by atoms with E-state index in [-0.39, 0.29) is 12.6 Å². The van der Waals surface area contributed by atoms with Gasteiger partial charge in [-0.15, -0.1) is 0 Å². The highest BCUT2D eigenvalue weighted by Crippen LogP contribution is 2.29. The first-order chi connectivity index (χ1) is 9.67. The summed E-state index contributed by atoms with van der Waals surface area (Å²) in [6.07, 6.45) is 2.06. The van der Waals surface area contributed by atoms with Crippen molar-refractivity contribution < 1.29 is 9.90 Å². The van der Waals surface area contributed by atoms with E-state index in [1.165, 1.54) is 0 Å². The number of carbonyl (C=O) groups excluding carboxylic acids is 1. The lowest BCUT2D eigenvalue weighted by atomic mass is 10.2. The minimum Gasteiger partial charge on any atom is -0.395 e. The van der Waals surface area contributed by atoms with Crippen LogP contribution in [0.4, 0.5) is 16.2 Å². The van der Waals surface area contributed by atoms with Crippen LogP contribution >= 0.6 is 0 Å². The van der Waals surface area contributed by atoms with Crippen molar-refractivity contribution in [3.8, 4) is 0 Å². The average Bonchev–Trinajstić information content (AvgIpc) is 3.29. The largest absolute Gasteiger partial charge is 0.395 e. The lowest BCUT2D eigenvalue weighted by Crippen LogP contribution is -2.39. The summed E-state index contributed by atoms with van der Waals surface area (Å²) >= 11 is 0. The molecule has 1 aliphatic carbocycles. The van der Waals surface area contributed by atoms with Crippen LogP contribution in [-0.4, -0.2) is 48.8 Å². The molecule has 2 amide bonds. The first-order valence-electron chi connectivity index (χ1n) is 7.16. The second-order valence-corrected chi connectivity index (χ2v) is 5.11. The van der Waals surface area contributed by atoms with Crippen molar-refractivity contribution in [3.63, 3.8) is 0 Å². The van der Waals surface area contributed by atoms with E-state index in [1.54, 1.807) is 4.90 Å². The van der Waals surface area contributed by atoms with Crippen molar-refractivity contribution in [2.45, 2.75) is 25.8 Å². The first kappa shape index (κ1) is 14.7. The molecule has 20 heavy (non-hydrogen) atoms. The van der Waals surface area contributed by atoms with Crippen LogP contribution in [0, 0.1) is 0 Å². The Kier molecular flexibility index (Phi) is 4.84. The van der Waals surface area contributed by atoms with Gasteiger partial charge in [0.2, 0.25) is 0 Å². The predicted molar refractivity (Wildman–Crippen MR) is 81.2 cm³/mol. The van der Waals surface area contributed by atoms with Gasteiger partial charge in [0.05, 0.1) is 18.0 Å². The highest BCUT2D eigenvalue weighted by atomic mass is 16.3. The number of nitrogens with zero attached hydrogens (tertiary/aromatic N) is 2. The van der Waals surface area contributed by atoms with Gasteiger partial charge < -0.3 is 20.2 Å². The number of hydrogen-bond acceptors (Lipinski definition) is 3. The number of rotatable bonds is 6. The first-order valence-corrected chi connectivity index (χ1v) is 7.16. The molecule has 0 unspecified atom stereocenters. The smallest absolute Gasteiger partial charge is 0.322 e. The van der Waals surface area contributed by atoms with Gasteiger partial charge in [0.25, 0.3) is 0 Å². The molecule has 0 spiro atoms. The lowest BCUT2D eigenvalue weighted by Gasteiger charge is -2.25. The molecule has 0 bridgehead atoms. The van der Waals surface area contributed by atoms with Crippen molar-refractivity contribution in [2.24, 2.45) is 0 Å².